The summed E-state index contributed by atoms with van der Waals surface area (Å²) in [6, 6.07) is 8.76. The van der Waals surface area contributed by atoms with Gasteiger partial charge in [-0.1, -0.05) is 0 Å². The van der Waals surface area contributed by atoms with E-state index in [1.807, 2.05) is 12.1 Å². The van der Waals surface area contributed by atoms with Gasteiger partial charge in [0.05, 0.1) is 18.1 Å². The number of hydrogen-bond donors (Lipinski definition) is 1. The first-order valence-electron chi connectivity index (χ1n) is 7.73. The van der Waals surface area contributed by atoms with E-state index in [9.17, 15) is 4.39 Å². The summed E-state index contributed by atoms with van der Waals surface area (Å²) in [7, 11) is 0. The Morgan fingerprint density at radius 2 is 1.58 bits per heavy atom. The molecule has 0 saturated heterocycles. The highest BCUT2D eigenvalue weighted by Gasteiger charge is 2.17. The largest absolute Gasteiger partial charge is 0.321 e. The van der Waals surface area contributed by atoms with Crippen LogP contribution in [0.5, 0.6) is 0 Å². The van der Waals surface area contributed by atoms with Crippen LogP contribution in [0.25, 0.3) is 22.5 Å². The molecule has 0 saturated carbocycles. The van der Waals surface area contributed by atoms with Crippen molar-refractivity contribution in [3.05, 3.63) is 73.3 Å². The van der Waals surface area contributed by atoms with Gasteiger partial charge in [0.2, 0.25) is 5.95 Å². The Kier molecular flexibility index (Phi) is 4.21. The monoisotopic (exact) mass is 345 g/mol. The van der Waals surface area contributed by atoms with Crippen LogP contribution in [0, 0.1) is 5.82 Å². The van der Waals surface area contributed by atoms with Crippen molar-refractivity contribution in [2.24, 2.45) is 0 Å². The lowest BCUT2D eigenvalue weighted by molar-refractivity contribution is 0.624. The zero-order chi connectivity index (χ0) is 17.8. The van der Waals surface area contributed by atoms with Gasteiger partial charge in [-0.2, -0.15) is 0 Å². The molecule has 4 heterocycles. The molecule has 126 valence electrons. The van der Waals surface area contributed by atoms with E-state index in [0.29, 0.717) is 22.6 Å². The van der Waals surface area contributed by atoms with E-state index in [1.54, 1.807) is 36.9 Å². The minimum absolute atomic E-state index is 0.270. The molecule has 0 aliphatic heterocycles. The number of hydrogen-bond acceptors (Lipinski definition) is 7. The first-order chi connectivity index (χ1) is 12.8. The molecule has 26 heavy (non-hydrogen) atoms. The van der Waals surface area contributed by atoms with Crippen LogP contribution in [0.2, 0.25) is 0 Å². The second-order valence-corrected chi connectivity index (χ2v) is 5.30. The Hall–Kier alpha value is -3.81. The third-order valence-corrected chi connectivity index (χ3v) is 3.57. The zero-order valence-corrected chi connectivity index (χ0v) is 13.4. The molecule has 4 rings (SSSR count). The highest BCUT2D eigenvalue weighted by atomic mass is 19.1. The van der Waals surface area contributed by atoms with E-state index in [2.05, 4.69) is 35.5 Å². The molecule has 0 atom stereocenters. The second-order valence-electron chi connectivity index (χ2n) is 5.30. The smallest absolute Gasteiger partial charge is 0.247 e. The highest BCUT2D eigenvalue weighted by Crippen LogP contribution is 2.30. The van der Waals surface area contributed by atoms with Crippen LogP contribution in [0.15, 0.2) is 67.5 Å². The first kappa shape index (κ1) is 15.7. The third kappa shape index (κ3) is 3.20. The molecule has 0 aliphatic rings. The summed E-state index contributed by atoms with van der Waals surface area (Å²) in [5, 5.41) is 11.3. The van der Waals surface area contributed by atoms with Crippen molar-refractivity contribution in [3.63, 3.8) is 0 Å². The molecule has 0 spiro atoms. The Morgan fingerprint density at radius 3 is 2.31 bits per heavy atom. The topological polar surface area (TPSA) is 89.4 Å². The molecule has 0 bridgehead atoms. The average Bonchev–Trinajstić information content (AvgIpc) is 2.70. The van der Waals surface area contributed by atoms with E-state index in [0.717, 1.165) is 6.20 Å². The molecule has 8 heteroatoms. The Balaban J connectivity index is 1.83. The summed E-state index contributed by atoms with van der Waals surface area (Å²) >= 11 is 0. The average molecular weight is 345 g/mol. The quantitative estimate of drug-likeness (QED) is 0.607. The van der Waals surface area contributed by atoms with Crippen LogP contribution in [-0.2, 0) is 0 Å². The standard InChI is InChI=1S/C18H12FN7/c19-15-11-22-8-5-14(15)17-16(12-3-1-6-20-9-12)24-18(26-25-17)23-13-4-2-7-21-10-13/h1-11H,(H,23,24,26). The molecule has 0 aliphatic carbocycles. The normalized spacial score (nSPS) is 10.5. The van der Waals surface area contributed by atoms with E-state index in [-0.39, 0.29) is 11.5 Å². The molecule has 0 aromatic carbocycles. The Bertz CT molecular complexity index is 1030. The van der Waals surface area contributed by atoms with E-state index >= 15 is 0 Å². The molecule has 4 aromatic rings. The van der Waals surface area contributed by atoms with E-state index in [4.69, 9.17) is 0 Å². The van der Waals surface area contributed by atoms with Gasteiger partial charge in [0.25, 0.3) is 0 Å². The number of anilines is 2. The predicted octanol–water partition coefficient (Wildman–Crippen LogP) is 3.27. The maximum atomic E-state index is 14.2. The van der Waals surface area contributed by atoms with Gasteiger partial charge in [-0.05, 0) is 30.3 Å². The molecule has 4 aromatic heterocycles. The van der Waals surface area contributed by atoms with Gasteiger partial charge in [-0.15, -0.1) is 10.2 Å². The summed E-state index contributed by atoms with van der Waals surface area (Å²) in [6.07, 6.45) is 9.23. The van der Waals surface area contributed by atoms with Crippen LogP contribution in [0.3, 0.4) is 0 Å². The summed E-state index contributed by atoms with van der Waals surface area (Å²) in [5.41, 5.74) is 2.46. The fourth-order valence-electron chi connectivity index (χ4n) is 2.40. The fraction of sp³-hybridized carbons (Fsp3) is 0. The van der Waals surface area contributed by atoms with Gasteiger partial charge in [0, 0.05) is 35.9 Å². The molecule has 0 amide bonds. The molecular formula is C18H12FN7. The maximum Gasteiger partial charge on any atom is 0.247 e. The number of aromatic nitrogens is 6. The lowest BCUT2D eigenvalue weighted by Gasteiger charge is -2.10. The van der Waals surface area contributed by atoms with Gasteiger partial charge in [-0.25, -0.2) is 9.37 Å². The zero-order valence-electron chi connectivity index (χ0n) is 13.4. The summed E-state index contributed by atoms with van der Waals surface area (Å²) in [5.74, 6) is -0.225. The highest BCUT2D eigenvalue weighted by molar-refractivity contribution is 5.78. The molecule has 1 N–H and O–H groups in total. The summed E-state index contributed by atoms with van der Waals surface area (Å²) in [4.78, 5) is 16.4. The lowest BCUT2D eigenvalue weighted by atomic mass is 10.1. The Morgan fingerprint density at radius 1 is 0.769 bits per heavy atom. The number of nitrogens with zero attached hydrogens (tertiary/aromatic N) is 6. The number of rotatable bonds is 4. The minimum Gasteiger partial charge on any atom is -0.321 e. The van der Waals surface area contributed by atoms with Gasteiger partial charge in [0.15, 0.2) is 5.82 Å². The molecular weight excluding hydrogens is 333 g/mol. The van der Waals surface area contributed by atoms with E-state index in [1.165, 1.54) is 12.3 Å². The van der Waals surface area contributed by atoms with Crippen molar-refractivity contribution in [1.82, 2.24) is 30.1 Å². The van der Waals surface area contributed by atoms with Crippen molar-refractivity contribution in [2.45, 2.75) is 0 Å². The fourth-order valence-corrected chi connectivity index (χ4v) is 2.40. The van der Waals surface area contributed by atoms with Crippen molar-refractivity contribution < 1.29 is 4.39 Å². The lowest BCUT2D eigenvalue weighted by Crippen LogP contribution is -2.04. The van der Waals surface area contributed by atoms with Crippen LogP contribution >= 0.6 is 0 Å². The summed E-state index contributed by atoms with van der Waals surface area (Å²) in [6.45, 7) is 0. The van der Waals surface area contributed by atoms with Crippen LogP contribution in [-0.4, -0.2) is 30.1 Å². The molecule has 0 fully saturated rings. The van der Waals surface area contributed by atoms with Crippen molar-refractivity contribution in [2.75, 3.05) is 5.32 Å². The number of pyridine rings is 3. The van der Waals surface area contributed by atoms with E-state index < -0.39 is 5.82 Å². The predicted molar refractivity (Wildman–Crippen MR) is 93.8 cm³/mol. The minimum atomic E-state index is -0.498. The van der Waals surface area contributed by atoms with Crippen molar-refractivity contribution in [3.8, 4) is 22.5 Å². The van der Waals surface area contributed by atoms with Crippen LogP contribution < -0.4 is 5.32 Å². The Labute approximate surface area is 148 Å². The molecule has 0 unspecified atom stereocenters. The molecule has 7 nitrogen and oxygen atoms in total. The SMILES string of the molecule is Fc1cnccc1-c1nnc(Nc2cccnc2)nc1-c1cccnc1. The van der Waals surface area contributed by atoms with Gasteiger partial charge >= 0.3 is 0 Å². The first-order valence-corrected chi connectivity index (χ1v) is 7.73. The number of nitrogens with one attached hydrogen (secondary N) is 1. The second kappa shape index (κ2) is 6.98. The van der Waals surface area contributed by atoms with Crippen molar-refractivity contribution in [1.29, 1.82) is 0 Å². The van der Waals surface area contributed by atoms with Crippen LogP contribution in [0.1, 0.15) is 0 Å². The third-order valence-electron chi connectivity index (χ3n) is 3.57. The maximum absolute atomic E-state index is 14.2. The van der Waals surface area contributed by atoms with Gasteiger partial charge in [-0.3, -0.25) is 15.0 Å². The van der Waals surface area contributed by atoms with Crippen LogP contribution in [0.4, 0.5) is 16.0 Å². The van der Waals surface area contributed by atoms with Crippen molar-refractivity contribution >= 4 is 11.6 Å². The molecule has 0 radical (unpaired) electrons. The van der Waals surface area contributed by atoms with Gasteiger partial charge < -0.3 is 5.32 Å². The van der Waals surface area contributed by atoms with Gasteiger partial charge in [0.1, 0.15) is 11.4 Å². The number of halogens is 1. The summed E-state index contributed by atoms with van der Waals surface area (Å²) < 4.78 is 14.2.